The van der Waals surface area contributed by atoms with E-state index in [1.165, 1.54) is 18.9 Å². The largest absolute Gasteiger partial charge is 0.465 e. The number of carbonyl (C=O) groups excluding carboxylic acids is 2. The van der Waals surface area contributed by atoms with Crippen LogP contribution in [0.1, 0.15) is 26.4 Å². The first-order chi connectivity index (χ1) is 13.0. The predicted octanol–water partition coefficient (Wildman–Crippen LogP) is 4.03. The number of methoxy groups -OCH3 is 2. The van der Waals surface area contributed by atoms with Crippen LogP contribution in [0.15, 0.2) is 48.5 Å². The minimum Gasteiger partial charge on any atom is -0.465 e. The first-order valence-corrected chi connectivity index (χ1v) is 9.18. The molecule has 0 atom stereocenters. The van der Waals surface area contributed by atoms with Crippen LogP contribution >= 0.6 is 22.6 Å². The number of para-hydroxylation sites is 1. The zero-order chi connectivity index (χ0) is 19.6. The van der Waals surface area contributed by atoms with Crippen LogP contribution in [0, 0.1) is 10.5 Å². The number of hydrogen-bond donors (Lipinski definition) is 0. The topological polar surface area (TPSA) is 70.4 Å². The van der Waals surface area contributed by atoms with Crippen LogP contribution in [-0.4, -0.2) is 35.9 Å². The van der Waals surface area contributed by atoms with E-state index in [2.05, 4.69) is 27.7 Å². The molecule has 138 valence electrons. The number of halogens is 1. The summed E-state index contributed by atoms with van der Waals surface area (Å²) in [5, 5.41) is 4.60. The Kier molecular flexibility index (Phi) is 5.59. The molecule has 0 aliphatic heterocycles. The summed E-state index contributed by atoms with van der Waals surface area (Å²) in [6.45, 7) is 1.94. The van der Waals surface area contributed by atoms with Gasteiger partial charge in [-0.05, 0) is 53.3 Å². The molecule has 0 amide bonds. The molecule has 0 aliphatic carbocycles. The van der Waals surface area contributed by atoms with Gasteiger partial charge < -0.3 is 9.47 Å². The van der Waals surface area contributed by atoms with Crippen molar-refractivity contribution in [3.8, 4) is 16.9 Å². The van der Waals surface area contributed by atoms with Crippen molar-refractivity contribution >= 4 is 34.5 Å². The molecule has 0 saturated heterocycles. The summed E-state index contributed by atoms with van der Waals surface area (Å²) in [7, 11) is 2.54. The number of ether oxygens (including phenoxy) is 2. The van der Waals surface area contributed by atoms with Gasteiger partial charge in [0.25, 0.3) is 0 Å². The maximum atomic E-state index is 12.6. The van der Waals surface area contributed by atoms with Gasteiger partial charge in [-0.2, -0.15) is 5.10 Å². The molecule has 0 radical (unpaired) electrons. The van der Waals surface area contributed by atoms with Crippen molar-refractivity contribution < 1.29 is 19.1 Å². The second-order valence-electron chi connectivity index (χ2n) is 5.72. The maximum absolute atomic E-state index is 12.6. The number of benzene rings is 2. The molecule has 3 rings (SSSR count). The highest BCUT2D eigenvalue weighted by Crippen LogP contribution is 2.32. The quantitative estimate of drug-likeness (QED) is 0.420. The standard InChI is InChI=1S/C20H17IN2O4/c1-12-14(10-7-11-15(12)21)17-16(19(24)26-2)18(20(25)27-3)23(22-17)13-8-5-4-6-9-13/h4-11H,1-3H3. The molecule has 6 nitrogen and oxygen atoms in total. The van der Waals surface area contributed by atoms with Crippen molar-refractivity contribution in [2.45, 2.75) is 6.92 Å². The van der Waals surface area contributed by atoms with Gasteiger partial charge in [0, 0.05) is 9.13 Å². The lowest BCUT2D eigenvalue weighted by molar-refractivity contribution is 0.0549. The molecule has 7 heteroatoms. The van der Waals surface area contributed by atoms with Gasteiger partial charge in [-0.15, -0.1) is 0 Å². The monoisotopic (exact) mass is 476 g/mol. The van der Waals surface area contributed by atoms with Crippen molar-refractivity contribution in [3.63, 3.8) is 0 Å². The smallest absolute Gasteiger partial charge is 0.357 e. The molecule has 2 aromatic carbocycles. The Labute approximate surface area is 170 Å². The van der Waals surface area contributed by atoms with Gasteiger partial charge in [-0.1, -0.05) is 30.3 Å². The Morgan fingerprint density at radius 3 is 2.26 bits per heavy atom. The first-order valence-electron chi connectivity index (χ1n) is 8.10. The molecule has 0 spiro atoms. The molecule has 0 saturated carbocycles. The van der Waals surface area contributed by atoms with Crippen LogP contribution in [0.2, 0.25) is 0 Å². The second-order valence-corrected chi connectivity index (χ2v) is 6.88. The summed E-state index contributed by atoms with van der Waals surface area (Å²) in [6, 6.07) is 14.8. The lowest BCUT2D eigenvalue weighted by Crippen LogP contribution is -2.15. The van der Waals surface area contributed by atoms with Crippen LogP contribution in [0.3, 0.4) is 0 Å². The third-order valence-electron chi connectivity index (χ3n) is 4.18. The normalized spacial score (nSPS) is 10.5. The predicted molar refractivity (Wildman–Crippen MR) is 109 cm³/mol. The Balaban J connectivity index is 2.40. The van der Waals surface area contributed by atoms with E-state index < -0.39 is 11.9 Å². The summed E-state index contributed by atoms with van der Waals surface area (Å²) >= 11 is 2.22. The molecule has 0 fully saturated rings. The molecular weight excluding hydrogens is 459 g/mol. The number of hydrogen-bond acceptors (Lipinski definition) is 5. The Morgan fingerprint density at radius 1 is 0.963 bits per heavy atom. The van der Waals surface area contributed by atoms with E-state index in [1.54, 1.807) is 12.1 Å². The number of esters is 2. The molecule has 0 unspecified atom stereocenters. The van der Waals surface area contributed by atoms with E-state index in [0.717, 1.165) is 14.7 Å². The second kappa shape index (κ2) is 7.91. The van der Waals surface area contributed by atoms with Crippen molar-refractivity contribution in [1.29, 1.82) is 0 Å². The minimum atomic E-state index is -0.665. The number of rotatable bonds is 4. The minimum absolute atomic E-state index is 0.0313. The van der Waals surface area contributed by atoms with Crippen LogP contribution < -0.4 is 0 Å². The highest BCUT2D eigenvalue weighted by molar-refractivity contribution is 14.1. The Hall–Kier alpha value is -2.68. The molecule has 0 aliphatic rings. The fourth-order valence-electron chi connectivity index (χ4n) is 2.81. The van der Waals surface area contributed by atoms with Crippen molar-refractivity contribution in [3.05, 3.63) is 68.9 Å². The van der Waals surface area contributed by atoms with E-state index in [4.69, 9.17) is 9.47 Å². The third-order valence-corrected chi connectivity index (χ3v) is 5.35. The van der Waals surface area contributed by atoms with E-state index in [0.29, 0.717) is 11.4 Å². The molecular formula is C20H17IN2O4. The lowest BCUT2D eigenvalue weighted by atomic mass is 10.0. The van der Waals surface area contributed by atoms with Crippen LogP contribution in [0.25, 0.3) is 16.9 Å². The van der Waals surface area contributed by atoms with Crippen LogP contribution in [0.4, 0.5) is 0 Å². The highest BCUT2D eigenvalue weighted by atomic mass is 127. The van der Waals surface area contributed by atoms with Gasteiger partial charge in [-0.3, -0.25) is 0 Å². The van der Waals surface area contributed by atoms with Gasteiger partial charge in [0.05, 0.1) is 19.9 Å². The van der Waals surface area contributed by atoms with Crippen LogP contribution in [-0.2, 0) is 9.47 Å². The fraction of sp³-hybridized carbons (Fsp3) is 0.150. The number of aromatic nitrogens is 2. The number of nitrogens with zero attached hydrogens (tertiary/aromatic N) is 2. The summed E-state index contributed by atoms with van der Waals surface area (Å²) in [5.74, 6) is -1.31. The van der Waals surface area contributed by atoms with Gasteiger partial charge >= 0.3 is 11.9 Å². The molecule has 1 aromatic heterocycles. The maximum Gasteiger partial charge on any atom is 0.357 e. The Bertz CT molecular complexity index is 1010. The van der Waals surface area contributed by atoms with Gasteiger partial charge in [0.15, 0.2) is 5.69 Å². The van der Waals surface area contributed by atoms with Crippen molar-refractivity contribution in [1.82, 2.24) is 9.78 Å². The lowest BCUT2D eigenvalue weighted by Gasteiger charge is -2.07. The van der Waals surface area contributed by atoms with Crippen molar-refractivity contribution in [2.24, 2.45) is 0 Å². The van der Waals surface area contributed by atoms with E-state index in [1.807, 2.05) is 43.3 Å². The summed E-state index contributed by atoms with van der Waals surface area (Å²) in [4.78, 5) is 25.2. The van der Waals surface area contributed by atoms with Gasteiger partial charge in [0.1, 0.15) is 11.3 Å². The third kappa shape index (κ3) is 3.46. The zero-order valence-electron chi connectivity index (χ0n) is 15.0. The first kappa shape index (κ1) is 19.1. The van der Waals surface area contributed by atoms with E-state index in [-0.39, 0.29) is 11.3 Å². The van der Waals surface area contributed by atoms with E-state index in [9.17, 15) is 9.59 Å². The molecule has 0 N–H and O–H groups in total. The average molecular weight is 476 g/mol. The average Bonchev–Trinajstić information content (AvgIpc) is 3.09. The van der Waals surface area contributed by atoms with Gasteiger partial charge in [0.2, 0.25) is 0 Å². The van der Waals surface area contributed by atoms with Crippen LogP contribution in [0.5, 0.6) is 0 Å². The molecule has 0 bridgehead atoms. The number of carbonyl (C=O) groups is 2. The van der Waals surface area contributed by atoms with Gasteiger partial charge in [-0.25, -0.2) is 14.3 Å². The fourth-order valence-corrected chi connectivity index (χ4v) is 3.31. The summed E-state index contributed by atoms with van der Waals surface area (Å²) in [6.07, 6.45) is 0. The molecule has 3 aromatic rings. The summed E-state index contributed by atoms with van der Waals surface area (Å²) < 4.78 is 12.3. The Morgan fingerprint density at radius 2 is 1.63 bits per heavy atom. The van der Waals surface area contributed by atoms with Crippen molar-refractivity contribution in [2.75, 3.05) is 14.2 Å². The molecule has 1 heterocycles. The molecule has 27 heavy (non-hydrogen) atoms. The SMILES string of the molecule is COC(=O)c1c(-c2cccc(I)c2C)nn(-c2ccccc2)c1C(=O)OC. The highest BCUT2D eigenvalue weighted by Gasteiger charge is 2.31. The summed E-state index contributed by atoms with van der Waals surface area (Å²) in [5.41, 5.74) is 2.83. The van der Waals surface area contributed by atoms with E-state index >= 15 is 0 Å². The zero-order valence-corrected chi connectivity index (χ0v) is 17.2.